The van der Waals surface area contributed by atoms with Gasteiger partial charge in [-0.25, -0.2) is 0 Å². The smallest absolute Gasteiger partial charge is 0.251 e. The van der Waals surface area contributed by atoms with Gasteiger partial charge in [-0.05, 0) is 31.2 Å². The van der Waals surface area contributed by atoms with Crippen molar-refractivity contribution in [2.75, 3.05) is 0 Å². The second-order valence-electron chi connectivity index (χ2n) is 5.06. The third-order valence-corrected chi connectivity index (χ3v) is 3.34. The molecule has 3 N–H and O–H groups in total. The Kier molecular flexibility index (Phi) is 7.92. The van der Waals surface area contributed by atoms with Gasteiger partial charge in [0.25, 0.3) is 5.91 Å². The first kappa shape index (κ1) is 17.9. The largest absolute Gasteiger partial charge is 0.369 e. The Morgan fingerprint density at radius 3 is 2.82 bits per heavy atom. The fraction of sp³-hybridized carbons (Fsp3) is 0.412. The number of rotatable bonds is 6. The van der Waals surface area contributed by atoms with Gasteiger partial charge in [0.1, 0.15) is 6.29 Å². The van der Waals surface area contributed by atoms with E-state index in [0.29, 0.717) is 11.9 Å². The van der Waals surface area contributed by atoms with Crippen molar-refractivity contribution in [1.29, 1.82) is 0 Å². The Morgan fingerprint density at radius 2 is 2.18 bits per heavy atom. The summed E-state index contributed by atoms with van der Waals surface area (Å²) in [5.74, 6) is -0.369. The molecule has 5 nitrogen and oxygen atoms in total. The molecule has 0 aromatic heterocycles. The van der Waals surface area contributed by atoms with E-state index in [1.54, 1.807) is 30.5 Å². The van der Waals surface area contributed by atoms with E-state index in [2.05, 4.69) is 17.6 Å². The molecular formula is C17H24N2O3. The van der Waals surface area contributed by atoms with Crippen LogP contribution in [0.15, 0.2) is 47.7 Å². The maximum absolute atomic E-state index is 12.4. The van der Waals surface area contributed by atoms with Gasteiger partial charge in [-0.15, -0.1) is 0 Å². The first-order valence-electron chi connectivity index (χ1n) is 7.57. The highest BCUT2D eigenvalue weighted by molar-refractivity contribution is 5.96. The fourth-order valence-electron chi connectivity index (χ4n) is 2.09. The van der Waals surface area contributed by atoms with Crippen molar-refractivity contribution in [2.45, 2.75) is 45.4 Å². The zero-order valence-electron chi connectivity index (χ0n) is 13.1. The van der Waals surface area contributed by atoms with E-state index in [0.717, 1.165) is 19.3 Å². The van der Waals surface area contributed by atoms with Crippen LogP contribution in [-0.2, 0) is 9.59 Å². The fourth-order valence-corrected chi connectivity index (χ4v) is 2.09. The molecule has 2 atom stereocenters. The number of aldehydes is 1. The van der Waals surface area contributed by atoms with Crippen molar-refractivity contribution in [3.8, 4) is 0 Å². The SMILES string of the molecule is CCCC(CC)NC(=O)/C1=C/C(C=O)=C/C=C\C=C/NC1O. The molecule has 120 valence electrons. The van der Waals surface area contributed by atoms with Crippen LogP contribution in [0.25, 0.3) is 0 Å². The molecule has 1 aliphatic heterocycles. The van der Waals surface area contributed by atoms with Gasteiger partial charge >= 0.3 is 0 Å². The topological polar surface area (TPSA) is 78.4 Å². The van der Waals surface area contributed by atoms with Crippen molar-refractivity contribution in [3.05, 3.63) is 47.7 Å². The molecule has 0 saturated carbocycles. The van der Waals surface area contributed by atoms with E-state index in [1.807, 2.05) is 6.92 Å². The van der Waals surface area contributed by atoms with Crippen LogP contribution >= 0.6 is 0 Å². The minimum absolute atomic E-state index is 0.0557. The minimum atomic E-state index is -1.18. The second kappa shape index (κ2) is 9.73. The molecule has 0 aliphatic carbocycles. The van der Waals surface area contributed by atoms with E-state index in [1.165, 1.54) is 6.08 Å². The molecule has 1 aliphatic rings. The average Bonchev–Trinajstić information content (AvgIpc) is 2.52. The van der Waals surface area contributed by atoms with E-state index in [4.69, 9.17) is 0 Å². The standard InChI is InChI=1S/C17H24N2O3/c1-3-8-14(4-2)19-17(22)15-11-13(12-20)9-6-5-7-10-18-16(15)21/h5-7,9-12,14,16,18,21H,3-4,8H2,1-2H3,(H,19,22)/b6-5-,10-7-,13-9-,15-11+. The van der Waals surface area contributed by atoms with Crippen LogP contribution in [0, 0.1) is 0 Å². The zero-order valence-corrected chi connectivity index (χ0v) is 13.1. The highest BCUT2D eigenvalue weighted by Gasteiger charge is 2.20. The Bertz CT molecular complexity index is 504. The number of allylic oxidation sites excluding steroid dienone is 6. The molecule has 0 fully saturated rings. The Labute approximate surface area is 131 Å². The summed E-state index contributed by atoms with van der Waals surface area (Å²) in [5.41, 5.74) is 0.439. The van der Waals surface area contributed by atoms with Gasteiger partial charge < -0.3 is 15.7 Å². The van der Waals surface area contributed by atoms with E-state index < -0.39 is 6.23 Å². The van der Waals surface area contributed by atoms with Gasteiger partial charge in [0.05, 0.1) is 5.57 Å². The summed E-state index contributed by atoms with van der Waals surface area (Å²) in [6, 6.07) is 0.0557. The molecule has 5 heteroatoms. The summed E-state index contributed by atoms with van der Waals surface area (Å²) in [5, 5.41) is 15.7. The van der Waals surface area contributed by atoms with Crippen molar-refractivity contribution < 1.29 is 14.7 Å². The quantitative estimate of drug-likeness (QED) is 0.653. The predicted molar refractivity (Wildman–Crippen MR) is 86.8 cm³/mol. The number of hydrogen-bond donors (Lipinski definition) is 3. The molecule has 22 heavy (non-hydrogen) atoms. The number of carbonyl (C=O) groups is 2. The van der Waals surface area contributed by atoms with Crippen LogP contribution in [0.5, 0.6) is 0 Å². The first-order valence-corrected chi connectivity index (χ1v) is 7.57. The van der Waals surface area contributed by atoms with E-state index in [9.17, 15) is 14.7 Å². The molecule has 0 radical (unpaired) electrons. The molecular weight excluding hydrogens is 280 g/mol. The minimum Gasteiger partial charge on any atom is -0.369 e. The van der Waals surface area contributed by atoms with Crippen molar-refractivity contribution >= 4 is 12.2 Å². The lowest BCUT2D eigenvalue weighted by Crippen LogP contribution is -2.41. The monoisotopic (exact) mass is 304 g/mol. The van der Waals surface area contributed by atoms with Gasteiger partial charge in [-0.1, -0.05) is 38.5 Å². The lowest BCUT2D eigenvalue weighted by Gasteiger charge is -2.20. The molecule has 2 unspecified atom stereocenters. The summed E-state index contributed by atoms with van der Waals surface area (Å²) >= 11 is 0. The molecule has 1 heterocycles. The Hall–Kier alpha value is -2.14. The highest BCUT2D eigenvalue weighted by atomic mass is 16.3. The van der Waals surface area contributed by atoms with Crippen LogP contribution in [-0.4, -0.2) is 29.6 Å². The summed E-state index contributed by atoms with van der Waals surface area (Å²) < 4.78 is 0. The maximum Gasteiger partial charge on any atom is 0.251 e. The summed E-state index contributed by atoms with van der Waals surface area (Å²) in [7, 11) is 0. The van der Waals surface area contributed by atoms with Gasteiger partial charge in [-0.2, -0.15) is 0 Å². The van der Waals surface area contributed by atoms with Crippen molar-refractivity contribution in [1.82, 2.24) is 10.6 Å². The Morgan fingerprint density at radius 1 is 1.41 bits per heavy atom. The number of carbonyl (C=O) groups excluding carboxylic acids is 2. The second-order valence-corrected chi connectivity index (χ2v) is 5.06. The van der Waals surface area contributed by atoms with Crippen LogP contribution in [0.3, 0.4) is 0 Å². The van der Waals surface area contributed by atoms with Gasteiger partial charge in [0, 0.05) is 11.6 Å². The normalized spacial score (nSPS) is 27.1. The Balaban J connectivity index is 3.02. The highest BCUT2D eigenvalue weighted by Crippen LogP contribution is 2.09. The zero-order chi connectivity index (χ0) is 16.4. The van der Waals surface area contributed by atoms with Gasteiger partial charge in [0.2, 0.25) is 0 Å². The summed E-state index contributed by atoms with van der Waals surface area (Å²) in [6.45, 7) is 4.06. The van der Waals surface area contributed by atoms with Crippen LogP contribution < -0.4 is 10.6 Å². The van der Waals surface area contributed by atoms with Crippen molar-refractivity contribution in [3.63, 3.8) is 0 Å². The molecule has 0 aromatic carbocycles. The van der Waals surface area contributed by atoms with Crippen LogP contribution in [0.1, 0.15) is 33.1 Å². The molecule has 0 spiro atoms. The lowest BCUT2D eigenvalue weighted by molar-refractivity contribution is -0.119. The van der Waals surface area contributed by atoms with Crippen LogP contribution in [0.2, 0.25) is 0 Å². The number of aliphatic hydroxyl groups is 1. The van der Waals surface area contributed by atoms with Crippen molar-refractivity contribution in [2.24, 2.45) is 0 Å². The van der Waals surface area contributed by atoms with Gasteiger partial charge in [0.15, 0.2) is 6.23 Å². The summed E-state index contributed by atoms with van der Waals surface area (Å²) in [4.78, 5) is 23.5. The molecule has 0 bridgehead atoms. The maximum atomic E-state index is 12.4. The first-order chi connectivity index (χ1) is 10.6. The third-order valence-electron chi connectivity index (χ3n) is 3.34. The average molecular weight is 304 g/mol. The third kappa shape index (κ3) is 5.69. The molecule has 0 saturated heterocycles. The number of amides is 1. The number of aliphatic hydroxyl groups excluding tert-OH is 1. The lowest BCUT2D eigenvalue weighted by atomic mass is 10.1. The number of nitrogens with one attached hydrogen (secondary N) is 2. The summed E-state index contributed by atoms with van der Waals surface area (Å²) in [6.07, 6.45) is 11.8. The predicted octanol–water partition coefficient (Wildman–Crippen LogP) is 1.72. The van der Waals surface area contributed by atoms with E-state index >= 15 is 0 Å². The van der Waals surface area contributed by atoms with E-state index in [-0.39, 0.29) is 17.5 Å². The van der Waals surface area contributed by atoms with Gasteiger partial charge in [-0.3, -0.25) is 9.59 Å². The molecule has 1 amide bonds. The number of hydrogen-bond acceptors (Lipinski definition) is 4. The molecule has 0 aromatic rings. The molecule has 1 rings (SSSR count). The van der Waals surface area contributed by atoms with Crippen LogP contribution in [0.4, 0.5) is 0 Å².